The van der Waals surface area contributed by atoms with Gasteiger partial charge in [0.1, 0.15) is 5.82 Å². The van der Waals surface area contributed by atoms with E-state index in [4.69, 9.17) is 0 Å². The van der Waals surface area contributed by atoms with Crippen LogP contribution in [-0.2, 0) is 6.18 Å². The van der Waals surface area contributed by atoms with Gasteiger partial charge in [-0.05, 0) is 41.6 Å². The van der Waals surface area contributed by atoms with Gasteiger partial charge in [0.2, 0.25) is 5.82 Å². The van der Waals surface area contributed by atoms with Crippen molar-refractivity contribution in [3.63, 3.8) is 0 Å². The largest absolute Gasteiger partial charge is 0.416 e. The molecule has 1 aromatic heterocycles. The number of para-hydroxylation sites is 1. The molecule has 9 heteroatoms. The zero-order chi connectivity index (χ0) is 16.4. The molecule has 0 amide bonds. The standard InChI is InChI=1S/C14H9F4N5/c15-11-3-1-2-10(13-20-22-23-21-13)12(11)19-9-6-4-8(5-7-9)14(16,17)18/h1-7,19H,(H,20,21,22,23). The third kappa shape index (κ3) is 3.12. The molecule has 3 aromatic rings. The number of halogens is 4. The minimum absolute atomic E-state index is 0.0497. The number of nitrogens with one attached hydrogen (secondary N) is 2. The number of anilines is 2. The molecule has 0 fully saturated rings. The Morgan fingerprint density at radius 3 is 2.35 bits per heavy atom. The van der Waals surface area contributed by atoms with Gasteiger partial charge >= 0.3 is 6.18 Å². The van der Waals surface area contributed by atoms with Crippen LogP contribution in [0.5, 0.6) is 0 Å². The minimum Gasteiger partial charge on any atom is -0.353 e. The average Bonchev–Trinajstić information content (AvgIpc) is 3.03. The summed E-state index contributed by atoms with van der Waals surface area (Å²) >= 11 is 0. The highest BCUT2D eigenvalue weighted by Gasteiger charge is 2.30. The van der Waals surface area contributed by atoms with E-state index >= 15 is 0 Å². The second-order valence-corrected chi connectivity index (χ2v) is 4.60. The molecule has 5 nitrogen and oxygen atoms in total. The zero-order valence-corrected chi connectivity index (χ0v) is 11.4. The smallest absolute Gasteiger partial charge is 0.353 e. The van der Waals surface area contributed by atoms with Gasteiger partial charge in [0.15, 0.2) is 0 Å². The van der Waals surface area contributed by atoms with Crippen molar-refractivity contribution in [1.82, 2.24) is 20.6 Å². The van der Waals surface area contributed by atoms with Crippen LogP contribution in [0.2, 0.25) is 0 Å². The van der Waals surface area contributed by atoms with Crippen molar-refractivity contribution >= 4 is 11.4 Å². The monoisotopic (exact) mass is 323 g/mol. The van der Waals surface area contributed by atoms with Crippen molar-refractivity contribution in [3.8, 4) is 11.4 Å². The molecule has 0 atom stereocenters. The summed E-state index contributed by atoms with van der Waals surface area (Å²) in [5.41, 5.74) is -0.102. The Labute approximate surface area is 127 Å². The van der Waals surface area contributed by atoms with Gasteiger partial charge in [0, 0.05) is 11.3 Å². The molecule has 0 spiro atoms. The quantitative estimate of drug-likeness (QED) is 0.720. The molecule has 0 bridgehead atoms. The Bertz CT molecular complexity index is 797. The van der Waals surface area contributed by atoms with E-state index < -0.39 is 17.6 Å². The second-order valence-electron chi connectivity index (χ2n) is 4.60. The summed E-state index contributed by atoms with van der Waals surface area (Å²) in [6.07, 6.45) is -4.42. The van der Waals surface area contributed by atoms with Gasteiger partial charge in [-0.25, -0.2) is 4.39 Å². The van der Waals surface area contributed by atoms with Gasteiger partial charge in [-0.1, -0.05) is 6.07 Å². The number of aromatic nitrogens is 4. The van der Waals surface area contributed by atoms with Crippen molar-refractivity contribution in [2.75, 3.05) is 5.32 Å². The van der Waals surface area contributed by atoms with Crippen LogP contribution in [0.1, 0.15) is 5.56 Å². The number of rotatable bonds is 3. The molecule has 23 heavy (non-hydrogen) atoms. The predicted octanol–water partition coefficient (Wildman–Crippen LogP) is 3.77. The summed E-state index contributed by atoms with van der Waals surface area (Å²) in [5.74, 6) is -0.425. The first-order valence-corrected chi connectivity index (χ1v) is 6.42. The molecule has 1 heterocycles. The molecular weight excluding hydrogens is 314 g/mol. The Balaban J connectivity index is 1.94. The highest BCUT2D eigenvalue weighted by atomic mass is 19.4. The van der Waals surface area contributed by atoms with E-state index in [1.807, 2.05) is 0 Å². The Kier molecular flexibility index (Phi) is 3.68. The van der Waals surface area contributed by atoms with E-state index in [1.54, 1.807) is 6.07 Å². The number of tetrazole rings is 1. The number of alkyl halides is 3. The molecule has 0 saturated heterocycles. The number of nitrogens with zero attached hydrogens (tertiary/aromatic N) is 3. The van der Waals surface area contributed by atoms with Crippen LogP contribution < -0.4 is 5.32 Å². The maximum atomic E-state index is 14.1. The Morgan fingerprint density at radius 2 is 1.74 bits per heavy atom. The molecule has 0 unspecified atom stereocenters. The van der Waals surface area contributed by atoms with Crippen molar-refractivity contribution < 1.29 is 17.6 Å². The lowest BCUT2D eigenvalue weighted by Crippen LogP contribution is -2.04. The molecule has 2 N–H and O–H groups in total. The highest BCUT2D eigenvalue weighted by Crippen LogP contribution is 2.33. The van der Waals surface area contributed by atoms with Crippen LogP contribution in [0.3, 0.4) is 0 Å². The van der Waals surface area contributed by atoms with Crippen LogP contribution in [-0.4, -0.2) is 20.6 Å². The topological polar surface area (TPSA) is 66.5 Å². The van der Waals surface area contributed by atoms with Gasteiger partial charge in [0.05, 0.1) is 11.3 Å². The number of hydrogen-bond donors (Lipinski definition) is 2. The number of benzene rings is 2. The molecule has 3 rings (SSSR count). The predicted molar refractivity (Wildman–Crippen MR) is 74.3 cm³/mol. The van der Waals surface area contributed by atoms with Crippen LogP contribution in [0.15, 0.2) is 42.5 Å². The molecular formula is C14H9F4N5. The van der Waals surface area contributed by atoms with Crippen LogP contribution in [0, 0.1) is 5.82 Å². The van der Waals surface area contributed by atoms with Gasteiger partial charge in [-0.15, -0.1) is 10.2 Å². The molecule has 2 aromatic carbocycles. The lowest BCUT2D eigenvalue weighted by Gasteiger charge is -2.12. The highest BCUT2D eigenvalue weighted by molar-refractivity contribution is 5.77. The lowest BCUT2D eigenvalue weighted by atomic mass is 10.1. The molecule has 0 aliphatic carbocycles. The maximum absolute atomic E-state index is 14.1. The van der Waals surface area contributed by atoms with Gasteiger partial charge in [-0.2, -0.15) is 18.4 Å². The van der Waals surface area contributed by atoms with E-state index in [-0.39, 0.29) is 11.5 Å². The Hall–Kier alpha value is -2.97. The zero-order valence-electron chi connectivity index (χ0n) is 11.4. The Morgan fingerprint density at radius 1 is 1.00 bits per heavy atom. The second kappa shape index (κ2) is 5.67. The first-order chi connectivity index (χ1) is 10.9. The van der Waals surface area contributed by atoms with E-state index in [9.17, 15) is 17.6 Å². The van der Waals surface area contributed by atoms with Crippen molar-refractivity contribution in [3.05, 3.63) is 53.8 Å². The molecule has 0 radical (unpaired) electrons. The van der Waals surface area contributed by atoms with Crippen LogP contribution in [0.4, 0.5) is 28.9 Å². The molecule has 0 aliphatic rings. The van der Waals surface area contributed by atoms with E-state index in [2.05, 4.69) is 25.9 Å². The molecule has 0 saturated carbocycles. The average molecular weight is 323 g/mol. The summed E-state index contributed by atoms with van der Waals surface area (Å²) in [6, 6.07) is 8.52. The van der Waals surface area contributed by atoms with Gasteiger partial charge in [0.25, 0.3) is 0 Å². The van der Waals surface area contributed by atoms with Crippen LogP contribution in [0.25, 0.3) is 11.4 Å². The van der Waals surface area contributed by atoms with E-state index in [1.165, 1.54) is 24.3 Å². The molecule has 118 valence electrons. The summed E-state index contributed by atoms with van der Waals surface area (Å²) in [7, 11) is 0. The van der Waals surface area contributed by atoms with Gasteiger partial charge < -0.3 is 5.32 Å². The van der Waals surface area contributed by atoms with Crippen molar-refractivity contribution in [2.24, 2.45) is 0 Å². The fraction of sp³-hybridized carbons (Fsp3) is 0.0714. The van der Waals surface area contributed by atoms with Crippen molar-refractivity contribution in [1.29, 1.82) is 0 Å². The molecule has 0 aliphatic heterocycles. The summed E-state index contributed by atoms with van der Waals surface area (Å²) in [6.45, 7) is 0. The number of aromatic amines is 1. The first-order valence-electron chi connectivity index (χ1n) is 6.42. The lowest BCUT2D eigenvalue weighted by molar-refractivity contribution is -0.137. The van der Waals surface area contributed by atoms with Crippen molar-refractivity contribution in [2.45, 2.75) is 6.18 Å². The minimum atomic E-state index is -4.42. The fourth-order valence-electron chi connectivity index (χ4n) is 2.00. The third-order valence-corrected chi connectivity index (χ3v) is 3.08. The summed E-state index contributed by atoms with van der Waals surface area (Å²) in [4.78, 5) is 0. The maximum Gasteiger partial charge on any atom is 0.416 e. The summed E-state index contributed by atoms with van der Waals surface area (Å²) in [5, 5.41) is 16.0. The third-order valence-electron chi connectivity index (χ3n) is 3.08. The fourth-order valence-corrected chi connectivity index (χ4v) is 2.00. The van der Waals surface area contributed by atoms with E-state index in [0.717, 1.165) is 12.1 Å². The SMILES string of the molecule is Fc1cccc(-c2nn[nH]n2)c1Nc1ccc(C(F)(F)F)cc1. The number of hydrogen-bond acceptors (Lipinski definition) is 4. The summed E-state index contributed by atoms with van der Waals surface area (Å²) < 4.78 is 51.7. The normalized spacial score (nSPS) is 11.5. The van der Waals surface area contributed by atoms with Crippen LogP contribution >= 0.6 is 0 Å². The van der Waals surface area contributed by atoms with Gasteiger partial charge in [-0.3, -0.25) is 0 Å². The first kappa shape index (κ1) is 14.9. The van der Waals surface area contributed by atoms with E-state index in [0.29, 0.717) is 11.3 Å². The number of H-pyrrole nitrogens is 1.